The first-order chi connectivity index (χ1) is 9.60. The second-order valence-electron chi connectivity index (χ2n) is 4.93. The van der Waals surface area contributed by atoms with Gasteiger partial charge < -0.3 is 20.3 Å². The third-order valence-electron chi connectivity index (χ3n) is 3.46. The van der Waals surface area contributed by atoms with Crippen molar-refractivity contribution in [2.24, 2.45) is 5.73 Å². The lowest BCUT2D eigenvalue weighted by Crippen LogP contribution is -2.48. The summed E-state index contributed by atoms with van der Waals surface area (Å²) in [7, 11) is 2.05. The fraction of sp³-hybridized carbons (Fsp3) is 0.500. The van der Waals surface area contributed by atoms with Gasteiger partial charge in [0.05, 0.1) is 0 Å². The van der Waals surface area contributed by atoms with Crippen LogP contribution in [-0.4, -0.2) is 55.5 Å². The number of rotatable bonds is 4. The van der Waals surface area contributed by atoms with Gasteiger partial charge in [-0.25, -0.2) is 0 Å². The normalized spacial score (nSPS) is 16.2. The second-order valence-corrected chi connectivity index (χ2v) is 5.37. The lowest BCUT2D eigenvalue weighted by atomic mass is 10.2. The molecule has 1 fully saturated rings. The number of amides is 1. The van der Waals surface area contributed by atoms with Gasteiger partial charge in [-0.1, -0.05) is 17.7 Å². The van der Waals surface area contributed by atoms with Crippen LogP contribution in [0.4, 0.5) is 0 Å². The molecular weight excluding hydrogens is 278 g/mol. The van der Waals surface area contributed by atoms with Crippen molar-refractivity contribution in [3.05, 3.63) is 28.8 Å². The van der Waals surface area contributed by atoms with Crippen LogP contribution in [0.15, 0.2) is 18.2 Å². The molecule has 2 rings (SSSR count). The second kappa shape index (κ2) is 6.92. The van der Waals surface area contributed by atoms with E-state index in [1.807, 2.05) is 11.0 Å². The Labute approximate surface area is 124 Å². The van der Waals surface area contributed by atoms with E-state index in [1.54, 1.807) is 12.1 Å². The van der Waals surface area contributed by atoms with Crippen molar-refractivity contribution in [3.63, 3.8) is 0 Å². The zero-order valence-electron chi connectivity index (χ0n) is 11.6. The van der Waals surface area contributed by atoms with E-state index < -0.39 is 0 Å². The number of carbonyl (C=O) groups is 1. The van der Waals surface area contributed by atoms with Crippen LogP contribution < -0.4 is 10.5 Å². The molecule has 2 N–H and O–H groups in total. The Morgan fingerprint density at radius 3 is 2.70 bits per heavy atom. The number of ether oxygens (including phenoxy) is 1. The van der Waals surface area contributed by atoms with Gasteiger partial charge in [-0.2, -0.15) is 0 Å². The van der Waals surface area contributed by atoms with Gasteiger partial charge in [0.25, 0.3) is 5.91 Å². The summed E-state index contributed by atoms with van der Waals surface area (Å²) in [5.74, 6) is 0.587. The molecular formula is C14H20ClN3O2. The summed E-state index contributed by atoms with van der Waals surface area (Å²) in [4.78, 5) is 16.1. The molecule has 6 heteroatoms. The van der Waals surface area contributed by atoms with E-state index in [2.05, 4.69) is 11.9 Å². The molecule has 110 valence electrons. The van der Waals surface area contributed by atoms with Crippen molar-refractivity contribution < 1.29 is 9.53 Å². The Balaban J connectivity index is 1.91. The number of nitrogens with zero attached hydrogens (tertiary/aromatic N) is 2. The Morgan fingerprint density at radius 1 is 1.35 bits per heavy atom. The fourth-order valence-corrected chi connectivity index (χ4v) is 2.28. The van der Waals surface area contributed by atoms with E-state index in [4.69, 9.17) is 22.1 Å². The highest BCUT2D eigenvalue weighted by molar-refractivity contribution is 6.30. The highest BCUT2D eigenvalue weighted by Crippen LogP contribution is 2.23. The van der Waals surface area contributed by atoms with Crippen LogP contribution in [0, 0.1) is 0 Å². The minimum atomic E-state index is 0.000969. The predicted octanol–water partition coefficient (Wildman–Crippen LogP) is 0.951. The maximum absolute atomic E-state index is 12.1. The van der Waals surface area contributed by atoms with Crippen molar-refractivity contribution in [2.75, 3.05) is 39.8 Å². The van der Waals surface area contributed by atoms with E-state index in [0.29, 0.717) is 17.3 Å². The van der Waals surface area contributed by atoms with Gasteiger partial charge in [0.2, 0.25) is 0 Å². The molecule has 0 aliphatic carbocycles. The zero-order valence-corrected chi connectivity index (χ0v) is 12.4. The average molecular weight is 298 g/mol. The van der Waals surface area contributed by atoms with Gasteiger partial charge in [-0.3, -0.25) is 4.79 Å². The van der Waals surface area contributed by atoms with Crippen LogP contribution in [-0.2, 0) is 11.3 Å². The maximum Gasteiger partial charge on any atom is 0.260 e. The molecule has 1 aromatic carbocycles. The monoisotopic (exact) mass is 297 g/mol. The number of hydrogen-bond donors (Lipinski definition) is 1. The molecule has 0 spiro atoms. The van der Waals surface area contributed by atoms with Crippen LogP contribution in [0.3, 0.4) is 0 Å². The summed E-state index contributed by atoms with van der Waals surface area (Å²) in [6, 6.07) is 5.28. The predicted molar refractivity (Wildman–Crippen MR) is 78.9 cm³/mol. The summed E-state index contributed by atoms with van der Waals surface area (Å²) in [5.41, 5.74) is 6.49. The van der Waals surface area contributed by atoms with Crippen LogP contribution in [0.1, 0.15) is 5.56 Å². The Hall–Kier alpha value is -1.30. The van der Waals surface area contributed by atoms with Gasteiger partial charge in [-0.05, 0) is 19.2 Å². The molecule has 1 amide bonds. The Bertz CT molecular complexity index is 473. The summed E-state index contributed by atoms with van der Waals surface area (Å²) >= 11 is 5.93. The van der Waals surface area contributed by atoms with Gasteiger partial charge in [0, 0.05) is 43.3 Å². The maximum atomic E-state index is 12.1. The minimum Gasteiger partial charge on any atom is -0.483 e. The molecule has 0 radical (unpaired) electrons. The number of nitrogens with two attached hydrogens (primary N) is 1. The van der Waals surface area contributed by atoms with Crippen LogP contribution >= 0.6 is 11.6 Å². The Morgan fingerprint density at radius 2 is 2.05 bits per heavy atom. The van der Waals surface area contributed by atoms with Gasteiger partial charge in [0.15, 0.2) is 6.61 Å². The van der Waals surface area contributed by atoms with Crippen LogP contribution in [0.2, 0.25) is 5.02 Å². The number of carbonyl (C=O) groups excluding carboxylic acids is 1. The molecule has 0 unspecified atom stereocenters. The van der Waals surface area contributed by atoms with Gasteiger partial charge >= 0.3 is 0 Å². The van der Waals surface area contributed by atoms with E-state index in [-0.39, 0.29) is 12.5 Å². The minimum absolute atomic E-state index is 0.000969. The lowest BCUT2D eigenvalue weighted by molar-refractivity contribution is -0.134. The fourth-order valence-electron chi connectivity index (χ4n) is 2.12. The summed E-state index contributed by atoms with van der Waals surface area (Å²) in [6.45, 7) is 3.68. The van der Waals surface area contributed by atoms with Crippen LogP contribution in [0.25, 0.3) is 0 Å². The summed E-state index contributed by atoms with van der Waals surface area (Å²) < 4.78 is 5.58. The molecule has 5 nitrogen and oxygen atoms in total. The first-order valence-corrected chi connectivity index (χ1v) is 7.05. The molecule has 1 saturated heterocycles. The number of likely N-dealkylation sites (N-methyl/N-ethyl adjacent to an activating group) is 1. The quantitative estimate of drug-likeness (QED) is 0.899. The largest absolute Gasteiger partial charge is 0.483 e. The molecule has 1 aliphatic rings. The number of hydrogen-bond acceptors (Lipinski definition) is 4. The zero-order chi connectivity index (χ0) is 14.5. The summed E-state index contributed by atoms with van der Waals surface area (Å²) in [6.07, 6.45) is 0. The summed E-state index contributed by atoms with van der Waals surface area (Å²) in [5, 5.41) is 0.573. The average Bonchev–Trinajstić information content (AvgIpc) is 2.45. The van der Waals surface area contributed by atoms with E-state index in [1.165, 1.54) is 0 Å². The Kier molecular flexibility index (Phi) is 5.23. The smallest absolute Gasteiger partial charge is 0.260 e. The van der Waals surface area contributed by atoms with Gasteiger partial charge in [-0.15, -0.1) is 0 Å². The van der Waals surface area contributed by atoms with Crippen molar-refractivity contribution in [2.45, 2.75) is 6.54 Å². The molecule has 0 atom stereocenters. The topological polar surface area (TPSA) is 58.8 Å². The van der Waals surface area contributed by atoms with Crippen molar-refractivity contribution in [1.29, 1.82) is 0 Å². The third kappa shape index (κ3) is 3.85. The lowest BCUT2D eigenvalue weighted by Gasteiger charge is -2.32. The van der Waals surface area contributed by atoms with Crippen LogP contribution in [0.5, 0.6) is 5.75 Å². The first-order valence-electron chi connectivity index (χ1n) is 6.68. The van der Waals surface area contributed by atoms with Crippen molar-refractivity contribution >= 4 is 17.5 Å². The van der Waals surface area contributed by atoms with E-state index in [0.717, 1.165) is 31.7 Å². The molecule has 0 bridgehead atoms. The third-order valence-corrected chi connectivity index (χ3v) is 3.69. The molecule has 1 aliphatic heterocycles. The molecule has 0 saturated carbocycles. The molecule has 0 aromatic heterocycles. The van der Waals surface area contributed by atoms with Crippen molar-refractivity contribution in [3.8, 4) is 5.75 Å². The molecule has 20 heavy (non-hydrogen) atoms. The van der Waals surface area contributed by atoms with E-state index in [9.17, 15) is 4.79 Å². The highest BCUT2D eigenvalue weighted by Gasteiger charge is 2.19. The van der Waals surface area contributed by atoms with E-state index >= 15 is 0 Å². The standard InChI is InChI=1S/C14H20ClN3O2/c1-17-4-6-18(7-5-17)14(19)10-20-13-8-12(15)3-2-11(13)9-16/h2-3,8H,4-7,9-10,16H2,1H3. The van der Waals surface area contributed by atoms with Crippen molar-refractivity contribution in [1.82, 2.24) is 9.80 Å². The number of piperazine rings is 1. The highest BCUT2D eigenvalue weighted by atomic mass is 35.5. The molecule has 1 aromatic rings. The number of benzene rings is 1. The number of halogens is 1. The first kappa shape index (κ1) is 15.1. The SMILES string of the molecule is CN1CCN(C(=O)COc2cc(Cl)ccc2CN)CC1. The molecule has 1 heterocycles. The van der Waals surface area contributed by atoms with Gasteiger partial charge in [0.1, 0.15) is 5.75 Å².